The van der Waals surface area contributed by atoms with Crippen LogP contribution < -0.4 is 16.2 Å². The van der Waals surface area contributed by atoms with Gasteiger partial charge in [-0.3, -0.25) is 9.48 Å². The Balaban J connectivity index is 1.94. The first-order chi connectivity index (χ1) is 13.6. The summed E-state index contributed by atoms with van der Waals surface area (Å²) in [5, 5.41) is 26.6. The standard InChI is InChI=1S/C19H18N8O/c1-2-26(9-10-27-8-7-23-25-27)14-5-3-13(4-6-14)17-15(11-20)18(22)24-19(28)16(17)12-21/h3-8H,2,9-10H2,1H3,(H3,22,24,28). The average Bonchev–Trinajstić information content (AvgIpc) is 3.22. The van der Waals surface area contributed by atoms with Crippen LogP contribution in [0.1, 0.15) is 18.1 Å². The summed E-state index contributed by atoms with van der Waals surface area (Å²) in [6, 6.07) is 11.2. The predicted molar refractivity (Wildman–Crippen MR) is 104 cm³/mol. The summed E-state index contributed by atoms with van der Waals surface area (Å²) in [4.78, 5) is 16.6. The zero-order valence-electron chi connectivity index (χ0n) is 15.3. The van der Waals surface area contributed by atoms with Gasteiger partial charge in [-0.2, -0.15) is 10.5 Å². The fraction of sp³-hybridized carbons (Fsp3) is 0.211. The molecule has 3 N–H and O–H groups in total. The van der Waals surface area contributed by atoms with Crippen molar-refractivity contribution in [3.63, 3.8) is 0 Å². The van der Waals surface area contributed by atoms with Gasteiger partial charge in [0.2, 0.25) is 0 Å². The van der Waals surface area contributed by atoms with Gasteiger partial charge in [-0.15, -0.1) is 5.10 Å². The van der Waals surface area contributed by atoms with Crippen molar-refractivity contribution in [3.05, 3.63) is 58.1 Å². The minimum atomic E-state index is -0.610. The second-order valence-electron chi connectivity index (χ2n) is 6.01. The van der Waals surface area contributed by atoms with Gasteiger partial charge in [0, 0.05) is 30.5 Å². The Kier molecular flexibility index (Phi) is 5.38. The van der Waals surface area contributed by atoms with Gasteiger partial charge in [-0.25, -0.2) is 0 Å². The lowest BCUT2D eigenvalue weighted by Gasteiger charge is -2.23. The van der Waals surface area contributed by atoms with E-state index in [1.165, 1.54) is 0 Å². The monoisotopic (exact) mass is 374 g/mol. The number of aromatic nitrogens is 4. The molecule has 0 amide bonds. The number of hydrogen-bond donors (Lipinski definition) is 2. The van der Waals surface area contributed by atoms with Gasteiger partial charge in [0.05, 0.1) is 12.7 Å². The molecule has 9 heteroatoms. The van der Waals surface area contributed by atoms with Crippen LogP contribution in [0.4, 0.5) is 11.5 Å². The van der Waals surface area contributed by atoms with Crippen molar-refractivity contribution in [2.24, 2.45) is 0 Å². The minimum Gasteiger partial charge on any atom is -0.384 e. The Bertz CT molecular complexity index is 1100. The maximum Gasteiger partial charge on any atom is 0.268 e. The van der Waals surface area contributed by atoms with E-state index >= 15 is 0 Å². The Morgan fingerprint density at radius 2 is 1.93 bits per heavy atom. The first kappa shape index (κ1) is 18.7. The normalized spacial score (nSPS) is 10.2. The first-order valence-corrected chi connectivity index (χ1v) is 8.64. The number of pyridine rings is 1. The van der Waals surface area contributed by atoms with E-state index in [1.54, 1.807) is 29.2 Å². The van der Waals surface area contributed by atoms with Gasteiger partial charge in [0.15, 0.2) is 0 Å². The van der Waals surface area contributed by atoms with Crippen LogP contribution in [0.3, 0.4) is 0 Å². The molecule has 2 heterocycles. The van der Waals surface area contributed by atoms with E-state index in [0.29, 0.717) is 12.1 Å². The summed E-state index contributed by atoms with van der Waals surface area (Å²) in [6.45, 7) is 4.27. The first-order valence-electron chi connectivity index (χ1n) is 8.64. The molecule has 1 aromatic carbocycles. The molecular formula is C19H18N8O. The second kappa shape index (κ2) is 8.06. The topological polar surface area (TPSA) is 140 Å². The molecule has 0 aliphatic carbocycles. The number of hydrogen-bond acceptors (Lipinski definition) is 7. The van der Waals surface area contributed by atoms with Crippen molar-refractivity contribution in [2.45, 2.75) is 13.5 Å². The molecule has 0 atom stereocenters. The van der Waals surface area contributed by atoms with Crippen LogP contribution >= 0.6 is 0 Å². The van der Waals surface area contributed by atoms with E-state index in [2.05, 4.69) is 20.2 Å². The Hall–Kier alpha value is -4.11. The van der Waals surface area contributed by atoms with Crippen molar-refractivity contribution in [1.29, 1.82) is 10.5 Å². The number of nitrogens with two attached hydrogens (primary N) is 1. The van der Waals surface area contributed by atoms with Crippen LogP contribution in [-0.2, 0) is 6.54 Å². The van der Waals surface area contributed by atoms with Crippen molar-refractivity contribution in [2.75, 3.05) is 23.7 Å². The van der Waals surface area contributed by atoms with Crippen LogP contribution in [-0.4, -0.2) is 33.1 Å². The fourth-order valence-electron chi connectivity index (χ4n) is 3.02. The lowest BCUT2D eigenvalue weighted by atomic mass is 9.96. The number of nitrogens with zero attached hydrogens (tertiary/aromatic N) is 6. The van der Waals surface area contributed by atoms with Gasteiger partial charge < -0.3 is 15.6 Å². The molecule has 28 heavy (non-hydrogen) atoms. The average molecular weight is 374 g/mol. The van der Waals surface area contributed by atoms with E-state index in [-0.39, 0.29) is 22.5 Å². The maximum atomic E-state index is 12.1. The SMILES string of the molecule is CCN(CCn1ccnn1)c1ccc(-c2c(C#N)c(N)[nH]c(=O)c2C#N)cc1. The van der Waals surface area contributed by atoms with Crippen LogP contribution in [0.2, 0.25) is 0 Å². The van der Waals surface area contributed by atoms with Crippen molar-refractivity contribution < 1.29 is 0 Å². The Morgan fingerprint density at radius 3 is 2.50 bits per heavy atom. The zero-order chi connectivity index (χ0) is 20.1. The molecule has 0 fully saturated rings. The summed E-state index contributed by atoms with van der Waals surface area (Å²) < 4.78 is 1.76. The molecule has 0 spiro atoms. The number of nitrogens with one attached hydrogen (secondary N) is 1. The molecule has 0 aliphatic heterocycles. The largest absolute Gasteiger partial charge is 0.384 e. The van der Waals surface area contributed by atoms with Gasteiger partial charge in [-0.1, -0.05) is 17.3 Å². The summed E-state index contributed by atoms with van der Waals surface area (Å²) >= 11 is 0. The Morgan fingerprint density at radius 1 is 1.21 bits per heavy atom. The summed E-state index contributed by atoms with van der Waals surface area (Å²) in [6.07, 6.45) is 3.44. The van der Waals surface area contributed by atoms with E-state index < -0.39 is 5.56 Å². The number of anilines is 2. The highest BCUT2D eigenvalue weighted by Gasteiger charge is 2.18. The van der Waals surface area contributed by atoms with Crippen molar-refractivity contribution >= 4 is 11.5 Å². The lowest BCUT2D eigenvalue weighted by Crippen LogP contribution is -2.27. The number of rotatable bonds is 6. The van der Waals surface area contributed by atoms with Crippen LogP contribution in [0.25, 0.3) is 11.1 Å². The van der Waals surface area contributed by atoms with E-state index in [4.69, 9.17) is 5.73 Å². The van der Waals surface area contributed by atoms with Gasteiger partial charge in [0.25, 0.3) is 5.56 Å². The molecule has 9 nitrogen and oxygen atoms in total. The van der Waals surface area contributed by atoms with Gasteiger partial charge >= 0.3 is 0 Å². The number of benzene rings is 1. The highest BCUT2D eigenvalue weighted by atomic mass is 16.1. The number of likely N-dealkylation sites (N-methyl/N-ethyl adjacent to an activating group) is 1. The summed E-state index contributed by atoms with van der Waals surface area (Å²) in [7, 11) is 0. The molecule has 3 rings (SSSR count). The summed E-state index contributed by atoms with van der Waals surface area (Å²) in [5.41, 5.74) is 6.93. The molecule has 2 aromatic heterocycles. The second-order valence-corrected chi connectivity index (χ2v) is 6.01. The molecule has 140 valence electrons. The number of aromatic amines is 1. The van der Waals surface area contributed by atoms with Gasteiger partial charge in [-0.05, 0) is 24.6 Å². The highest BCUT2D eigenvalue weighted by molar-refractivity contribution is 5.80. The number of nitrogen functional groups attached to an aromatic ring is 1. The molecule has 0 saturated carbocycles. The fourth-order valence-corrected chi connectivity index (χ4v) is 3.02. The van der Waals surface area contributed by atoms with Crippen molar-refractivity contribution in [1.82, 2.24) is 20.0 Å². The minimum absolute atomic E-state index is 0.0476. The highest BCUT2D eigenvalue weighted by Crippen LogP contribution is 2.29. The van der Waals surface area contributed by atoms with E-state index in [1.807, 2.05) is 31.2 Å². The predicted octanol–water partition coefficient (Wildman–Crippen LogP) is 1.49. The quantitative estimate of drug-likeness (QED) is 0.666. The van der Waals surface area contributed by atoms with Crippen molar-refractivity contribution in [3.8, 4) is 23.3 Å². The zero-order valence-corrected chi connectivity index (χ0v) is 15.3. The third kappa shape index (κ3) is 3.55. The molecule has 0 radical (unpaired) electrons. The third-order valence-corrected chi connectivity index (χ3v) is 4.44. The van der Waals surface area contributed by atoms with Crippen LogP contribution in [0.15, 0.2) is 41.5 Å². The molecule has 0 unspecified atom stereocenters. The third-order valence-electron chi connectivity index (χ3n) is 4.44. The molecule has 0 saturated heterocycles. The molecule has 0 bridgehead atoms. The lowest BCUT2D eigenvalue weighted by molar-refractivity contribution is 0.579. The van der Waals surface area contributed by atoms with Crippen LogP contribution in [0, 0.1) is 22.7 Å². The summed E-state index contributed by atoms with van der Waals surface area (Å²) in [5.74, 6) is -0.0476. The van der Waals surface area contributed by atoms with Gasteiger partial charge in [0.1, 0.15) is 29.1 Å². The number of nitriles is 2. The maximum absolute atomic E-state index is 12.1. The van der Waals surface area contributed by atoms with E-state index in [0.717, 1.165) is 18.8 Å². The molecule has 3 aromatic rings. The molecular weight excluding hydrogens is 356 g/mol. The number of H-pyrrole nitrogens is 1. The Labute approximate surface area is 161 Å². The van der Waals surface area contributed by atoms with Crippen LogP contribution in [0.5, 0.6) is 0 Å². The van der Waals surface area contributed by atoms with E-state index in [9.17, 15) is 15.3 Å². The molecule has 0 aliphatic rings. The smallest absolute Gasteiger partial charge is 0.268 e.